The summed E-state index contributed by atoms with van der Waals surface area (Å²) in [6, 6.07) is 9.62. The van der Waals surface area contributed by atoms with Crippen LogP contribution >= 0.6 is 27.5 Å². The van der Waals surface area contributed by atoms with E-state index in [1.165, 1.54) is 0 Å². The number of nitrogens with one attached hydrogen (secondary N) is 2. The van der Waals surface area contributed by atoms with Gasteiger partial charge in [0.15, 0.2) is 5.65 Å². The van der Waals surface area contributed by atoms with Gasteiger partial charge in [-0.1, -0.05) is 29.8 Å². The summed E-state index contributed by atoms with van der Waals surface area (Å²) >= 11 is 9.87. The number of hydrogen-bond donors (Lipinski definition) is 2. The van der Waals surface area contributed by atoms with E-state index in [4.69, 9.17) is 16.6 Å². The Kier molecular flexibility index (Phi) is 5.82. The second-order valence-electron chi connectivity index (χ2n) is 6.93. The molecule has 1 aromatic carbocycles. The SMILES string of the molecule is O=C(NCCCCNc1cc(-c2ccccc2Cl)nc2c(Br)cnn12)C1CC1. The number of halogens is 2. The summed E-state index contributed by atoms with van der Waals surface area (Å²) in [5.74, 6) is 1.33. The molecule has 0 saturated heterocycles. The van der Waals surface area contributed by atoms with Crippen LogP contribution in [0.15, 0.2) is 41.0 Å². The minimum absolute atomic E-state index is 0.203. The number of aromatic nitrogens is 3. The average Bonchev–Trinajstić information content (AvgIpc) is 3.48. The maximum absolute atomic E-state index is 11.6. The Morgan fingerprint density at radius 1 is 1.25 bits per heavy atom. The summed E-state index contributed by atoms with van der Waals surface area (Å²) in [7, 11) is 0. The highest BCUT2D eigenvalue weighted by Crippen LogP contribution is 2.30. The second kappa shape index (κ2) is 8.49. The van der Waals surface area contributed by atoms with E-state index in [0.717, 1.165) is 66.0 Å². The van der Waals surface area contributed by atoms with Gasteiger partial charge in [0.2, 0.25) is 5.91 Å². The fraction of sp³-hybridized carbons (Fsp3) is 0.350. The van der Waals surface area contributed by atoms with Crippen molar-refractivity contribution in [2.75, 3.05) is 18.4 Å². The molecule has 1 fully saturated rings. The van der Waals surface area contributed by atoms with Crippen LogP contribution in [-0.4, -0.2) is 33.6 Å². The summed E-state index contributed by atoms with van der Waals surface area (Å²) < 4.78 is 2.60. The lowest BCUT2D eigenvalue weighted by Crippen LogP contribution is -2.26. The fourth-order valence-corrected chi connectivity index (χ4v) is 3.62. The summed E-state index contributed by atoms with van der Waals surface area (Å²) in [5, 5.41) is 11.5. The maximum Gasteiger partial charge on any atom is 0.223 e. The molecule has 2 heterocycles. The summed E-state index contributed by atoms with van der Waals surface area (Å²) in [4.78, 5) is 16.4. The van der Waals surface area contributed by atoms with Crippen molar-refractivity contribution in [2.24, 2.45) is 5.92 Å². The van der Waals surface area contributed by atoms with E-state index in [1.807, 2.05) is 30.3 Å². The molecule has 0 spiro atoms. The molecule has 3 aromatic rings. The van der Waals surface area contributed by atoms with Crippen molar-refractivity contribution in [1.82, 2.24) is 19.9 Å². The zero-order valence-corrected chi connectivity index (χ0v) is 17.6. The van der Waals surface area contributed by atoms with Crippen LogP contribution in [0.5, 0.6) is 0 Å². The minimum atomic E-state index is 0.203. The van der Waals surface area contributed by atoms with Crippen molar-refractivity contribution in [3.05, 3.63) is 46.0 Å². The molecule has 1 saturated carbocycles. The van der Waals surface area contributed by atoms with Gasteiger partial charge in [-0.3, -0.25) is 4.79 Å². The van der Waals surface area contributed by atoms with Gasteiger partial charge in [0.05, 0.1) is 16.4 Å². The number of anilines is 1. The Morgan fingerprint density at radius 3 is 2.82 bits per heavy atom. The van der Waals surface area contributed by atoms with E-state index in [1.54, 1.807) is 10.7 Å². The van der Waals surface area contributed by atoms with Gasteiger partial charge in [-0.15, -0.1) is 0 Å². The van der Waals surface area contributed by atoms with E-state index in [-0.39, 0.29) is 11.8 Å². The van der Waals surface area contributed by atoms with Crippen LogP contribution in [0.25, 0.3) is 16.9 Å². The monoisotopic (exact) mass is 461 g/mol. The number of amides is 1. The summed E-state index contributed by atoms with van der Waals surface area (Å²) in [6.45, 7) is 1.50. The van der Waals surface area contributed by atoms with Gasteiger partial charge in [0, 0.05) is 35.7 Å². The zero-order valence-electron chi connectivity index (χ0n) is 15.3. The maximum atomic E-state index is 11.6. The lowest BCUT2D eigenvalue weighted by atomic mass is 10.1. The largest absolute Gasteiger partial charge is 0.370 e. The highest BCUT2D eigenvalue weighted by atomic mass is 79.9. The van der Waals surface area contributed by atoms with Crippen LogP contribution in [0.1, 0.15) is 25.7 Å². The minimum Gasteiger partial charge on any atom is -0.370 e. The first-order valence-electron chi connectivity index (χ1n) is 9.44. The highest BCUT2D eigenvalue weighted by molar-refractivity contribution is 9.10. The Bertz CT molecular complexity index is 1000. The van der Waals surface area contributed by atoms with Gasteiger partial charge in [-0.25, -0.2) is 4.98 Å². The van der Waals surface area contributed by atoms with Crippen LogP contribution in [0, 0.1) is 5.92 Å². The van der Waals surface area contributed by atoms with Crippen LogP contribution in [0.2, 0.25) is 5.02 Å². The molecular formula is C20H21BrClN5O. The first-order valence-corrected chi connectivity index (χ1v) is 10.6. The van der Waals surface area contributed by atoms with Crippen molar-refractivity contribution in [2.45, 2.75) is 25.7 Å². The van der Waals surface area contributed by atoms with Crippen LogP contribution in [-0.2, 0) is 4.79 Å². The first-order chi connectivity index (χ1) is 13.6. The van der Waals surface area contributed by atoms with Crippen LogP contribution in [0.3, 0.4) is 0 Å². The molecule has 0 unspecified atom stereocenters. The van der Waals surface area contributed by atoms with E-state index in [0.29, 0.717) is 5.02 Å². The third kappa shape index (κ3) is 4.31. The lowest BCUT2D eigenvalue weighted by Gasteiger charge is -2.12. The number of carbonyl (C=O) groups excluding carboxylic acids is 1. The Labute approximate surface area is 176 Å². The van der Waals surface area contributed by atoms with Crippen molar-refractivity contribution >= 4 is 44.9 Å². The Hall–Kier alpha value is -2.12. The standard InChI is InChI=1S/C20H21BrClN5O/c21-15-12-25-27-18(23-9-3-4-10-24-20(28)13-7-8-13)11-17(26-19(15)27)14-5-1-2-6-16(14)22/h1-2,5-6,11-13,23H,3-4,7-10H2,(H,24,28). The van der Waals surface area contributed by atoms with Gasteiger partial charge >= 0.3 is 0 Å². The predicted molar refractivity (Wildman–Crippen MR) is 115 cm³/mol. The van der Waals surface area contributed by atoms with Crippen molar-refractivity contribution in [3.63, 3.8) is 0 Å². The lowest BCUT2D eigenvalue weighted by molar-refractivity contribution is -0.122. The molecule has 1 aliphatic carbocycles. The quantitative estimate of drug-likeness (QED) is 0.483. The van der Waals surface area contributed by atoms with Crippen LogP contribution < -0.4 is 10.6 Å². The van der Waals surface area contributed by atoms with Crippen molar-refractivity contribution < 1.29 is 4.79 Å². The topological polar surface area (TPSA) is 71.3 Å². The van der Waals surface area contributed by atoms with Gasteiger partial charge in [-0.2, -0.15) is 9.61 Å². The molecule has 1 aliphatic rings. The van der Waals surface area contributed by atoms with E-state index in [2.05, 4.69) is 31.7 Å². The third-order valence-electron chi connectivity index (χ3n) is 4.74. The molecular weight excluding hydrogens is 442 g/mol. The van der Waals surface area contributed by atoms with Gasteiger partial charge in [0.1, 0.15) is 5.82 Å². The molecule has 1 amide bonds. The Morgan fingerprint density at radius 2 is 2.04 bits per heavy atom. The molecule has 2 N–H and O–H groups in total. The molecule has 8 heteroatoms. The first kappa shape index (κ1) is 19.2. The molecule has 0 radical (unpaired) electrons. The van der Waals surface area contributed by atoms with E-state index in [9.17, 15) is 4.79 Å². The van der Waals surface area contributed by atoms with Gasteiger partial charge in [-0.05, 0) is 47.7 Å². The number of fused-ring (bicyclic) bond motifs is 1. The molecule has 0 aliphatic heterocycles. The third-order valence-corrected chi connectivity index (χ3v) is 5.62. The number of rotatable bonds is 8. The second-order valence-corrected chi connectivity index (χ2v) is 8.20. The average molecular weight is 463 g/mol. The summed E-state index contributed by atoms with van der Waals surface area (Å²) in [6.07, 6.45) is 5.69. The molecule has 6 nitrogen and oxygen atoms in total. The zero-order chi connectivity index (χ0) is 19.5. The van der Waals surface area contributed by atoms with Crippen LogP contribution in [0.4, 0.5) is 5.82 Å². The molecule has 146 valence electrons. The summed E-state index contributed by atoms with van der Waals surface area (Å²) in [5.41, 5.74) is 2.40. The van der Waals surface area contributed by atoms with Crippen molar-refractivity contribution in [1.29, 1.82) is 0 Å². The molecule has 4 rings (SSSR count). The van der Waals surface area contributed by atoms with E-state index < -0.39 is 0 Å². The number of nitrogens with zero attached hydrogens (tertiary/aromatic N) is 3. The fourth-order valence-electron chi connectivity index (χ4n) is 3.04. The van der Waals surface area contributed by atoms with E-state index >= 15 is 0 Å². The number of unbranched alkanes of at least 4 members (excludes halogenated alkanes) is 1. The molecule has 2 aromatic heterocycles. The number of benzene rings is 1. The molecule has 0 bridgehead atoms. The number of carbonyl (C=O) groups is 1. The predicted octanol–water partition coefficient (Wildman–Crippen LogP) is 4.53. The number of hydrogen-bond acceptors (Lipinski definition) is 4. The van der Waals surface area contributed by atoms with Crippen molar-refractivity contribution in [3.8, 4) is 11.3 Å². The Balaban J connectivity index is 1.44. The molecule has 0 atom stereocenters. The highest BCUT2D eigenvalue weighted by Gasteiger charge is 2.28. The molecule has 28 heavy (non-hydrogen) atoms. The normalized spacial score (nSPS) is 13.6. The smallest absolute Gasteiger partial charge is 0.223 e. The van der Waals surface area contributed by atoms with Gasteiger partial charge < -0.3 is 10.6 Å². The van der Waals surface area contributed by atoms with Gasteiger partial charge in [0.25, 0.3) is 0 Å².